The first kappa shape index (κ1) is 19.5. The number of thiazole rings is 1. The van der Waals surface area contributed by atoms with Crippen LogP contribution in [0.5, 0.6) is 5.75 Å². The van der Waals surface area contributed by atoms with Crippen LogP contribution in [-0.2, 0) is 4.74 Å². The molecule has 0 aliphatic carbocycles. The number of fused-ring (bicyclic) bond motifs is 1. The van der Waals surface area contributed by atoms with Crippen LogP contribution in [0.25, 0.3) is 21.2 Å². The van der Waals surface area contributed by atoms with E-state index in [-0.39, 0.29) is 6.10 Å². The number of nitrogens with one attached hydrogen (secondary N) is 1. The summed E-state index contributed by atoms with van der Waals surface area (Å²) in [6, 6.07) is 6.43. The Bertz CT molecular complexity index is 1070. The standard InChI is InChI=1S/C24H25N3O2S/c1(17-7-11-28-12-8-17)4-24-27-16-23(30-24)18-2-3-19-14-26-15-22(21(19)13-18)29-20-5-9-25-10-6-20/h2-3,13-17,20,25H,5-12H2. The summed E-state index contributed by atoms with van der Waals surface area (Å²) in [4.78, 5) is 10.0. The van der Waals surface area contributed by atoms with Gasteiger partial charge in [-0.15, -0.1) is 11.3 Å². The van der Waals surface area contributed by atoms with Crippen LogP contribution in [0.2, 0.25) is 0 Å². The predicted molar refractivity (Wildman–Crippen MR) is 120 cm³/mol. The average Bonchev–Trinajstić information content (AvgIpc) is 3.28. The number of nitrogens with zero attached hydrogens (tertiary/aromatic N) is 2. The van der Waals surface area contributed by atoms with Crippen molar-refractivity contribution in [1.29, 1.82) is 0 Å². The molecule has 5 nitrogen and oxygen atoms in total. The fraction of sp³-hybridized carbons (Fsp3) is 0.417. The lowest BCUT2D eigenvalue weighted by Gasteiger charge is -2.24. The smallest absolute Gasteiger partial charge is 0.167 e. The lowest BCUT2D eigenvalue weighted by atomic mass is 10.0. The second-order valence-electron chi connectivity index (χ2n) is 7.83. The molecule has 6 heteroatoms. The van der Waals surface area contributed by atoms with E-state index in [9.17, 15) is 0 Å². The van der Waals surface area contributed by atoms with Crippen LogP contribution < -0.4 is 10.1 Å². The average molecular weight is 420 g/mol. The van der Waals surface area contributed by atoms with E-state index in [0.717, 1.165) is 84.0 Å². The van der Waals surface area contributed by atoms with E-state index < -0.39 is 0 Å². The van der Waals surface area contributed by atoms with Gasteiger partial charge in [-0.25, -0.2) is 4.98 Å². The summed E-state index contributed by atoms with van der Waals surface area (Å²) in [5.41, 5.74) is 1.14. The minimum atomic E-state index is 0.248. The van der Waals surface area contributed by atoms with E-state index in [4.69, 9.17) is 9.47 Å². The number of aromatic nitrogens is 2. The van der Waals surface area contributed by atoms with Crippen molar-refractivity contribution in [2.75, 3.05) is 26.3 Å². The monoisotopic (exact) mass is 419 g/mol. The minimum absolute atomic E-state index is 0.248. The van der Waals surface area contributed by atoms with Crippen molar-refractivity contribution in [3.63, 3.8) is 0 Å². The molecule has 0 atom stereocenters. The molecule has 0 amide bonds. The Hall–Kier alpha value is -2.46. The van der Waals surface area contributed by atoms with Crippen molar-refractivity contribution in [2.45, 2.75) is 31.8 Å². The number of hydrogen-bond acceptors (Lipinski definition) is 6. The van der Waals surface area contributed by atoms with Crippen LogP contribution in [0.15, 0.2) is 36.8 Å². The highest BCUT2D eigenvalue weighted by Gasteiger charge is 2.16. The van der Waals surface area contributed by atoms with Gasteiger partial charge in [-0.05, 0) is 56.3 Å². The van der Waals surface area contributed by atoms with Gasteiger partial charge in [0.05, 0.1) is 11.1 Å². The van der Waals surface area contributed by atoms with Crippen LogP contribution in [0.4, 0.5) is 0 Å². The van der Waals surface area contributed by atoms with Gasteiger partial charge in [-0.1, -0.05) is 18.1 Å². The molecule has 154 valence electrons. The number of piperidine rings is 1. The zero-order chi connectivity index (χ0) is 20.2. The molecule has 0 bridgehead atoms. The third kappa shape index (κ3) is 4.49. The molecular weight excluding hydrogens is 394 g/mol. The number of benzene rings is 1. The Morgan fingerprint density at radius 2 is 1.93 bits per heavy atom. The molecule has 2 fully saturated rings. The molecule has 1 N–H and O–H groups in total. The first-order valence-corrected chi connectivity index (χ1v) is 11.5. The number of hydrogen-bond donors (Lipinski definition) is 1. The summed E-state index contributed by atoms with van der Waals surface area (Å²) in [5.74, 6) is 7.93. The molecule has 2 aliphatic rings. The number of rotatable bonds is 3. The highest BCUT2D eigenvalue weighted by atomic mass is 32.1. The summed E-state index contributed by atoms with van der Waals surface area (Å²) < 4.78 is 11.7. The maximum absolute atomic E-state index is 6.32. The van der Waals surface area contributed by atoms with Crippen LogP contribution >= 0.6 is 11.3 Å². The molecule has 2 saturated heterocycles. The maximum atomic E-state index is 6.32. The van der Waals surface area contributed by atoms with Gasteiger partial charge in [0.1, 0.15) is 11.9 Å². The van der Waals surface area contributed by atoms with Gasteiger partial charge in [0.2, 0.25) is 0 Å². The number of ether oxygens (including phenoxy) is 2. The Balaban J connectivity index is 1.39. The van der Waals surface area contributed by atoms with Crippen LogP contribution in [0.1, 0.15) is 30.7 Å². The molecule has 0 unspecified atom stereocenters. The molecule has 5 rings (SSSR count). The summed E-state index contributed by atoms with van der Waals surface area (Å²) in [6.07, 6.45) is 10.00. The highest BCUT2D eigenvalue weighted by Crippen LogP contribution is 2.33. The summed E-state index contributed by atoms with van der Waals surface area (Å²) in [7, 11) is 0. The Labute approximate surface area is 180 Å². The fourth-order valence-electron chi connectivity index (χ4n) is 3.95. The SMILES string of the molecule is C(#CC1CCOCC1)c1ncc(-c2ccc3cncc(OC4CCNCC4)c3c2)s1. The van der Waals surface area contributed by atoms with Crippen molar-refractivity contribution in [2.24, 2.45) is 5.92 Å². The molecule has 0 saturated carbocycles. The third-order valence-electron chi connectivity index (χ3n) is 5.70. The van der Waals surface area contributed by atoms with Gasteiger partial charge in [0.15, 0.2) is 5.01 Å². The largest absolute Gasteiger partial charge is 0.488 e. The molecule has 30 heavy (non-hydrogen) atoms. The second kappa shape index (κ2) is 9.13. The van der Waals surface area contributed by atoms with E-state index in [1.807, 2.05) is 18.6 Å². The first-order chi connectivity index (χ1) is 14.8. The van der Waals surface area contributed by atoms with E-state index in [1.165, 1.54) is 0 Å². The minimum Gasteiger partial charge on any atom is -0.488 e. The zero-order valence-corrected chi connectivity index (χ0v) is 17.7. The molecule has 0 spiro atoms. The summed E-state index contributed by atoms with van der Waals surface area (Å²) in [5, 5.41) is 6.45. The van der Waals surface area contributed by atoms with Gasteiger partial charge < -0.3 is 14.8 Å². The van der Waals surface area contributed by atoms with E-state index in [0.29, 0.717) is 5.92 Å². The molecule has 2 aliphatic heterocycles. The van der Waals surface area contributed by atoms with Crippen molar-refractivity contribution in [1.82, 2.24) is 15.3 Å². The van der Waals surface area contributed by atoms with E-state index in [2.05, 4.69) is 45.3 Å². The van der Waals surface area contributed by atoms with E-state index in [1.54, 1.807) is 11.3 Å². The molecule has 2 aromatic heterocycles. The molecular formula is C24H25N3O2S. The van der Waals surface area contributed by atoms with E-state index >= 15 is 0 Å². The van der Waals surface area contributed by atoms with Crippen molar-refractivity contribution < 1.29 is 9.47 Å². The van der Waals surface area contributed by atoms with Crippen molar-refractivity contribution in [3.05, 3.63) is 41.8 Å². The zero-order valence-electron chi connectivity index (χ0n) is 16.9. The Morgan fingerprint density at radius 1 is 1.07 bits per heavy atom. The topological polar surface area (TPSA) is 56.3 Å². The van der Waals surface area contributed by atoms with Gasteiger partial charge in [-0.3, -0.25) is 4.98 Å². The van der Waals surface area contributed by atoms with Crippen molar-refractivity contribution in [3.8, 4) is 28.0 Å². The molecule has 3 aromatic rings. The Kier molecular flexibility index (Phi) is 5.94. The molecule has 4 heterocycles. The van der Waals surface area contributed by atoms with Gasteiger partial charge in [-0.2, -0.15) is 0 Å². The molecule has 1 aromatic carbocycles. The van der Waals surface area contributed by atoms with Gasteiger partial charge >= 0.3 is 0 Å². The first-order valence-electron chi connectivity index (χ1n) is 10.7. The Morgan fingerprint density at radius 3 is 2.80 bits per heavy atom. The second-order valence-corrected chi connectivity index (χ2v) is 8.86. The fourth-order valence-corrected chi connectivity index (χ4v) is 4.72. The lowest BCUT2D eigenvalue weighted by molar-refractivity contribution is 0.0807. The normalized spacial score (nSPS) is 18.1. The molecule has 0 radical (unpaired) electrons. The predicted octanol–water partition coefficient (Wildman–Crippen LogP) is 4.27. The number of pyridine rings is 1. The summed E-state index contributed by atoms with van der Waals surface area (Å²) >= 11 is 1.64. The quantitative estimate of drug-likeness (QED) is 0.643. The highest BCUT2D eigenvalue weighted by molar-refractivity contribution is 7.15. The third-order valence-corrected chi connectivity index (χ3v) is 6.66. The van der Waals surface area contributed by atoms with Crippen molar-refractivity contribution >= 4 is 22.1 Å². The van der Waals surface area contributed by atoms with Crippen LogP contribution in [0, 0.1) is 17.8 Å². The maximum Gasteiger partial charge on any atom is 0.167 e. The lowest BCUT2D eigenvalue weighted by Crippen LogP contribution is -2.34. The van der Waals surface area contributed by atoms with Gasteiger partial charge in [0.25, 0.3) is 0 Å². The van der Waals surface area contributed by atoms with Crippen LogP contribution in [-0.4, -0.2) is 42.4 Å². The van der Waals surface area contributed by atoms with Crippen LogP contribution in [0.3, 0.4) is 0 Å². The summed E-state index contributed by atoms with van der Waals surface area (Å²) in [6.45, 7) is 3.64. The van der Waals surface area contributed by atoms with Gasteiger partial charge in [0, 0.05) is 42.3 Å².